The summed E-state index contributed by atoms with van der Waals surface area (Å²) in [5, 5.41) is 4.43. The molecule has 0 amide bonds. The van der Waals surface area contributed by atoms with Crippen LogP contribution >= 0.6 is 11.3 Å². The molecule has 1 aliphatic heterocycles. The largest absolute Gasteiger partial charge is 0.366 e. The first-order chi connectivity index (χ1) is 12.2. The number of rotatable bonds is 4. The van der Waals surface area contributed by atoms with E-state index < -0.39 is 0 Å². The number of para-hydroxylation sites is 1. The minimum absolute atomic E-state index is 0.155. The summed E-state index contributed by atoms with van der Waals surface area (Å²) in [6.07, 6.45) is 1.89. The summed E-state index contributed by atoms with van der Waals surface area (Å²) in [5.74, 6) is 0.763. The quantitative estimate of drug-likeness (QED) is 0.672. The van der Waals surface area contributed by atoms with Gasteiger partial charge in [-0.2, -0.15) is 0 Å². The first-order valence-electron chi connectivity index (χ1n) is 8.61. The summed E-state index contributed by atoms with van der Waals surface area (Å²) in [6.45, 7) is 8.75. The standard InChI is InChI=1S/C18H24FN5S/c1-3-20-18(22-13-15-12-21-14(2)25-15)24-10-8-23(9-11-24)17-7-5-4-6-16(17)19/h4-7,12H,3,8-11,13H2,1-2H3,(H,20,22). The minimum atomic E-state index is -0.155. The molecule has 2 aromatic rings. The Morgan fingerprint density at radius 2 is 2.04 bits per heavy atom. The second kappa shape index (κ2) is 8.29. The first-order valence-corrected chi connectivity index (χ1v) is 9.43. The molecule has 1 aromatic carbocycles. The molecule has 0 saturated carbocycles. The molecule has 0 spiro atoms. The van der Waals surface area contributed by atoms with E-state index in [1.807, 2.05) is 25.3 Å². The van der Waals surface area contributed by atoms with Crippen LogP contribution < -0.4 is 10.2 Å². The summed E-state index contributed by atoms with van der Waals surface area (Å²) in [6, 6.07) is 6.97. The Morgan fingerprint density at radius 3 is 2.68 bits per heavy atom. The van der Waals surface area contributed by atoms with Crippen molar-refractivity contribution in [2.45, 2.75) is 20.4 Å². The number of anilines is 1. The normalized spacial score (nSPS) is 15.6. The van der Waals surface area contributed by atoms with Crippen LogP contribution in [0.25, 0.3) is 0 Å². The monoisotopic (exact) mass is 361 g/mol. The van der Waals surface area contributed by atoms with Crippen molar-refractivity contribution in [3.8, 4) is 0 Å². The van der Waals surface area contributed by atoms with Crippen molar-refractivity contribution in [1.29, 1.82) is 0 Å². The second-order valence-corrected chi connectivity index (χ2v) is 7.26. The van der Waals surface area contributed by atoms with Crippen LogP contribution in [0.3, 0.4) is 0 Å². The summed E-state index contributed by atoms with van der Waals surface area (Å²) >= 11 is 1.68. The van der Waals surface area contributed by atoms with Gasteiger partial charge in [0, 0.05) is 43.8 Å². The minimum Gasteiger partial charge on any atom is -0.366 e. The Balaban J connectivity index is 1.63. The maximum absolute atomic E-state index is 14.0. The van der Waals surface area contributed by atoms with Gasteiger partial charge in [0.1, 0.15) is 5.82 Å². The lowest BCUT2D eigenvalue weighted by Crippen LogP contribution is -2.52. The molecule has 1 aliphatic rings. The Kier molecular flexibility index (Phi) is 5.86. The summed E-state index contributed by atoms with van der Waals surface area (Å²) < 4.78 is 14.0. The summed E-state index contributed by atoms with van der Waals surface area (Å²) in [5.41, 5.74) is 0.684. The highest BCUT2D eigenvalue weighted by molar-refractivity contribution is 7.11. The fraction of sp³-hybridized carbons (Fsp3) is 0.444. The van der Waals surface area contributed by atoms with Crippen LogP contribution in [0.4, 0.5) is 10.1 Å². The fourth-order valence-corrected chi connectivity index (χ4v) is 3.64. The highest BCUT2D eigenvalue weighted by atomic mass is 32.1. The molecule has 1 saturated heterocycles. The molecule has 134 valence electrons. The van der Waals surface area contributed by atoms with E-state index in [0.717, 1.165) is 48.6 Å². The smallest absolute Gasteiger partial charge is 0.194 e. The molecule has 0 bridgehead atoms. The number of aliphatic imine (C=N–C) groups is 1. The van der Waals surface area contributed by atoms with Crippen molar-refractivity contribution in [2.75, 3.05) is 37.6 Å². The average molecular weight is 361 g/mol. The maximum Gasteiger partial charge on any atom is 0.194 e. The molecule has 7 heteroatoms. The Morgan fingerprint density at radius 1 is 1.28 bits per heavy atom. The van der Waals surface area contributed by atoms with Gasteiger partial charge in [0.05, 0.1) is 17.2 Å². The van der Waals surface area contributed by atoms with Crippen molar-refractivity contribution in [1.82, 2.24) is 15.2 Å². The molecule has 25 heavy (non-hydrogen) atoms. The van der Waals surface area contributed by atoms with Crippen molar-refractivity contribution >= 4 is 23.0 Å². The zero-order valence-electron chi connectivity index (χ0n) is 14.7. The molecule has 3 rings (SSSR count). The van der Waals surface area contributed by atoms with E-state index in [1.165, 1.54) is 6.07 Å². The first kappa shape index (κ1) is 17.7. The van der Waals surface area contributed by atoms with Crippen LogP contribution in [0.5, 0.6) is 0 Å². The average Bonchev–Trinajstić information content (AvgIpc) is 3.05. The third-order valence-corrected chi connectivity index (χ3v) is 5.06. The van der Waals surface area contributed by atoms with E-state index in [0.29, 0.717) is 12.2 Å². The van der Waals surface area contributed by atoms with Crippen LogP contribution in [0.1, 0.15) is 16.8 Å². The van der Waals surface area contributed by atoms with Crippen LogP contribution in [0.15, 0.2) is 35.5 Å². The molecular weight excluding hydrogens is 337 g/mol. The van der Waals surface area contributed by atoms with Gasteiger partial charge in [-0.25, -0.2) is 14.4 Å². The SMILES string of the molecule is CCNC(=NCc1cnc(C)s1)N1CCN(c2ccccc2F)CC1. The summed E-state index contributed by atoms with van der Waals surface area (Å²) in [4.78, 5) is 14.5. The van der Waals surface area contributed by atoms with Gasteiger partial charge >= 0.3 is 0 Å². The van der Waals surface area contributed by atoms with Crippen LogP contribution in [0.2, 0.25) is 0 Å². The van der Waals surface area contributed by atoms with Gasteiger partial charge in [-0.05, 0) is 26.0 Å². The van der Waals surface area contributed by atoms with Crippen molar-refractivity contribution in [2.24, 2.45) is 4.99 Å². The number of aromatic nitrogens is 1. The number of guanidine groups is 1. The predicted molar refractivity (Wildman–Crippen MR) is 102 cm³/mol. The number of nitrogens with one attached hydrogen (secondary N) is 1. The molecule has 0 atom stereocenters. The van der Waals surface area contributed by atoms with Crippen molar-refractivity contribution in [3.05, 3.63) is 46.2 Å². The van der Waals surface area contributed by atoms with E-state index in [-0.39, 0.29) is 5.82 Å². The second-order valence-electron chi connectivity index (χ2n) is 5.94. The van der Waals surface area contributed by atoms with Gasteiger partial charge in [-0.15, -0.1) is 11.3 Å². The van der Waals surface area contributed by atoms with Gasteiger partial charge < -0.3 is 15.1 Å². The van der Waals surface area contributed by atoms with Gasteiger partial charge in [0.2, 0.25) is 0 Å². The number of nitrogens with zero attached hydrogens (tertiary/aromatic N) is 4. The van der Waals surface area contributed by atoms with Gasteiger partial charge in [-0.3, -0.25) is 0 Å². The Bertz CT molecular complexity index is 722. The van der Waals surface area contributed by atoms with Crippen LogP contribution in [0, 0.1) is 12.7 Å². The lowest BCUT2D eigenvalue weighted by molar-refractivity contribution is 0.370. The van der Waals surface area contributed by atoms with E-state index in [2.05, 4.69) is 27.0 Å². The molecule has 5 nitrogen and oxygen atoms in total. The molecule has 1 aromatic heterocycles. The van der Waals surface area contributed by atoms with Crippen molar-refractivity contribution in [3.63, 3.8) is 0 Å². The third-order valence-electron chi connectivity index (χ3n) is 4.16. The zero-order valence-corrected chi connectivity index (χ0v) is 15.5. The Hall–Kier alpha value is -2.15. The van der Waals surface area contributed by atoms with E-state index in [9.17, 15) is 4.39 Å². The van der Waals surface area contributed by atoms with Gasteiger partial charge in [-0.1, -0.05) is 12.1 Å². The number of hydrogen-bond donors (Lipinski definition) is 1. The number of halogens is 1. The number of benzene rings is 1. The van der Waals surface area contributed by atoms with Gasteiger partial charge in [0.15, 0.2) is 5.96 Å². The molecule has 1 fully saturated rings. The maximum atomic E-state index is 14.0. The predicted octanol–water partition coefficient (Wildman–Crippen LogP) is 2.88. The molecule has 1 N–H and O–H groups in total. The van der Waals surface area contributed by atoms with Crippen LogP contribution in [-0.4, -0.2) is 48.6 Å². The van der Waals surface area contributed by atoms with E-state index >= 15 is 0 Å². The molecule has 2 heterocycles. The fourth-order valence-electron chi connectivity index (χ4n) is 2.92. The van der Waals surface area contributed by atoms with E-state index in [4.69, 9.17) is 4.99 Å². The van der Waals surface area contributed by atoms with Crippen molar-refractivity contribution < 1.29 is 4.39 Å². The highest BCUT2D eigenvalue weighted by Crippen LogP contribution is 2.20. The summed E-state index contributed by atoms with van der Waals surface area (Å²) in [7, 11) is 0. The number of thiazole rings is 1. The Labute approximate surface area is 152 Å². The topological polar surface area (TPSA) is 43.8 Å². The third kappa shape index (κ3) is 4.48. The number of aryl methyl sites for hydroxylation is 1. The van der Waals surface area contributed by atoms with Gasteiger partial charge in [0.25, 0.3) is 0 Å². The number of piperazine rings is 1. The molecular formula is C18H24FN5S. The molecule has 0 radical (unpaired) electrons. The number of hydrogen-bond acceptors (Lipinski definition) is 4. The molecule has 0 unspecified atom stereocenters. The lowest BCUT2D eigenvalue weighted by atomic mass is 10.2. The molecule has 0 aliphatic carbocycles. The van der Waals surface area contributed by atoms with Crippen LogP contribution in [-0.2, 0) is 6.54 Å². The highest BCUT2D eigenvalue weighted by Gasteiger charge is 2.21. The van der Waals surface area contributed by atoms with E-state index in [1.54, 1.807) is 17.4 Å². The zero-order chi connectivity index (χ0) is 17.6. The lowest BCUT2D eigenvalue weighted by Gasteiger charge is -2.37.